The summed E-state index contributed by atoms with van der Waals surface area (Å²) in [7, 11) is 0. The summed E-state index contributed by atoms with van der Waals surface area (Å²) in [4.78, 5) is 18.4. The van der Waals surface area contributed by atoms with Gasteiger partial charge in [-0.2, -0.15) is 0 Å². The molecule has 0 aliphatic carbocycles. The fourth-order valence-electron chi connectivity index (χ4n) is 3.54. The van der Waals surface area contributed by atoms with Gasteiger partial charge in [-0.1, -0.05) is 48.0 Å². The molecule has 34 heavy (non-hydrogen) atoms. The van der Waals surface area contributed by atoms with E-state index in [2.05, 4.69) is 10.3 Å². The lowest BCUT2D eigenvalue weighted by molar-refractivity contribution is 0.0995. The fourth-order valence-corrected chi connectivity index (χ4v) is 4.56. The second kappa shape index (κ2) is 9.67. The third-order valence-corrected chi connectivity index (χ3v) is 6.30. The molecule has 3 aromatic carbocycles. The van der Waals surface area contributed by atoms with Gasteiger partial charge in [0.05, 0.1) is 0 Å². The molecule has 0 saturated heterocycles. The lowest BCUT2D eigenvalue weighted by Crippen LogP contribution is -2.13. The average molecular weight is 493 g/mol. The van der Waals surface area contributed by atoms with Crippen LogP contribution in [-0.4, -0.2) is 10.9 Å². The van der Waals surface area contributed by atoms with Gasteiger partial charge in [0.15, 0.2) is 10.9 Å². The summed E-state index contributed by atoms with van der Waals surface area (Å²) in [5.74, 6) is 0.0681. The maximum atomic E-state index is 13.1. The molecule has 5 rings (SSSR count). The molecule has 0 atom stereocenters. The van der Waals surface area contributed by atoms with E-state index < -0.39 is 5.91 Å². The Hall–Kier alpha value is -3.68. The molecule has 2 heterocycles. The molecule has 0 saturated carbocycles. The van der Waals surface area contributed by atoms with Crippen molar-refractivity contribution in [2.45, 2.75) is 13.0 Å². The Balaban J connectivity index is 1.35. The van der Waals surface area contributed by atoms with Gasteiger partial charge in [-0.3, -0.25) is 10.1 Å². The van der Waals surface area contributed by atoms with Gasteiger partial charge in [0.1, 0.15) is 23.8 Å². The smallest absolute Gasteiger partial charge is 0.293 e. The third-order valence-electron chi connectivity index (χ3n) is 5.15. The molecular weight excluding hydrogens is 475 g/mol. The molecule has 8 heteroatoms. The molecular formula is C26H18ClFN2O3S. The number of nitrogens with zero attached hydrogens (tertiary/aromatic N) is 1. The van der Waals surface area contributed by atoms with Crippen LogP contribution in [0.15, 0.2) is 83.4 Å². The molecule has 5 nitrogen and oxygen atoms in total. The normalized spacial score (nSPS) is 11.0. The molecule has 5 aromatic rings. The van der Waals surface area contributed by atoms with Crippen molar-refractivity contribution in [2.75, 3.05) is 5.32 Å². The zero-order chi connectivity index (χ0) is 23.5. The zero-order valence-corrected chi connectivity index (χ0v) is 19.3. The number of carbonyl (C=O) groups excluding carboxylic acids is 1. The summed E-state index contributed by atoms with van der Waals surface area (Å²) in [5.41, 5.74) is 2.19. The first kappa shape index (κ1) is 22.1. The first-order chi connectivity index (χ1) is 16.5. The van der Waals surface area contributed by atoms with Crippen LogP contribution in [0.25, 0.3) is 11.0 Å². The summed E-state index contributed by atoms with van der Waals surface area (Å²) in [6.07, 6.45) is 2.29. The van der Waals surface area contributed by atoms with E-state index in [9.17, 15) is 9.18 Å². The largest absolute Gasteiger partial charge is 0.489 e. The molecule has 0 spiro atoms. The minimum atomic E-state index is -0.413. The number of anilines is 1. The first-order valence-electron chi connectivity index (χ1n) is 10.4. The second-order valence-electron chi connectivity index (χ2n) is 7.54. The highest BCUT2D eigenvalue weighted by Gasteiger charge is 2.22. The molecule has 0 bridgehead atoms. The summed E-state index contributed by atoms with van der Waals surface area (Å²) in [6.45, 7) is 0.133. The van der Waals surface area contributed by atoms with E-state index in [1.807, 2.05) is 18.2 Å². The monoisotopic (exact) mass is 492 g/mol. The van der Waals surface area contributed by atoms with Crippen LogP contribution in [0.5, 0.6) is 5.75 Å². The predicted molar refractivity (Wildman–Crippen MR) is 131 cm³/mol. The van der Waals surface area contributed by atoms with E-state index in [-0.39, 0.29) is 18.2 Å². The number of para-hydroxylation sites is 1. The number of hydrogen-bond donors (Lipinski definition) is 1. The van der Waals surface area contributed by atoms with E-state index in [4.69, 9.17) is 20.8 Å². The number of rotatable bonds is 7. The Bertz CT molecular complexity index is 1460. The van der Waals surface area contributed by atoms with Crippen LogP contribution in [0.2, 0.25) is 5.02 Å². The van der Waals surface area contributed by atoms with E-state index >= 15 is 0 Å². The Morgan fingerprint density at radius 2 is 1.91 bits per heavy atom. The highest BCUT2D eigenvalue weighted by Crippen LogP contribution is 2.29. The number of fused-ring (bicyclic) bond motifs is 1. The molecule has 170 valence electrons. The molecule has 0 fully saturated rings. The van der Waals surface area contributed by atoms with Gasteiger partial charge in [-0.05, 0) is 42.0 Å². The van der Waals surface area contributed by atoms with Crippen molar-refractivity contribution in [3.63, 3.8) is 0 Å². The van der Waals surface area contributed by atoms with E-state index in [0.29, 0.717) is 33.5 Å². The molecule has 0 radical (unpaired) electrons. The maximum Gasteiger partial charge on any atom is 0.293 e. The molecule has 0 unspecified atom stereocenters. The minimum Gasteiger partial charge on any atom is -0.489 e. The van der Waals surface area contributed by atoms with E-state index in [0.717, 1.165) is 15.8 Å². The minimum absolute atomic E-state index is 0.133. The number of amides is 1. The molecule has 0 aliphatic heterocycles. The van der Waals surface area contributed by atoms with Crippen LogP contribution in [-0.2, 0) is 13.0 Å². The molecule has 1 N–H and O–H groups in total. The van der Waals surface area contributed by atoms with Crippen molar-refractivity contribution in [3.05, 3.63) is 112 Å². The van der Waals surface area contributed by atoms with Gasteiger partial charge < -0.3 is 9.15 Å². The summed E-state index contributed by atoms with van der Waals surface area (Å²) >= 11 is 7.40. The van der Waals surface area contributed by atoms with Gasteiger partial charge in [0.2, 0.25) is 0 Å². The van der Waals surface area contributed by atoms with Gasteiger partial charge in [-0.25, -0.2) is 9.37 Å². The third kappa shape index (κ3) is 4.95. The lowest BCUT2D eigenvalue weighted by Gasteiger charge is -2.07. The lowest BCUT2D eigenvalue weighted by atomic mass is 10.1. The standard InChI is InChI=1S/C26H18ClFN2O3S/c27-17-4-3-5-19(13-17)32-15-22-21-6-1-2-7-23(21)33-24(22)25(31)30-26-29-14-20(34-26)12-16-8-10-18(28)11-9-16/h1-11,13-14H,12,15H2,(H,29,30,31). The maximum absolute atomic E-state index is 13.1. The number of ether oxygens (including phenoxy) is 1. The number of benzene rings is 3. The summed E-state index contributed by atoms with van der Waals surface area (Å²) in [5, 5.41) is 4.63. The van der Waals surface area contributed by atoms with Crippen LogP contribution in [0, 0.1) is 5.82 Å². The van der Waals surface area contributed by atoms with Gasteiger partial charge in [0, 0.05) is 33.5 Å². The van der Waals surface area contributed by atoms with Crippen molar-refractivity contribution in [1.82, 2.24) is 4.98 Å². The number of carbonyl (C=O) groups is 1. The van der Waals surface area contributed by atoms with Crippen LogP contribution in [0.4, 0.5) is 9.52 Å². The Kier molecular flexibility index (Phi) is 6.29. The SMILES string of the molecule is O=C(Nc1ncc(Cc2ccc(F)cc2)s1)c1oc2ccccc2c1COc1cccc(Cl)c1. The highest BCUT2D eigenvalue weighted by molar-refractivity contribution is 7.15. The Labute approximate surface area is 203 Å². The zero-order valence-electron chi connectivity index (χ0n) is 17.8. The van der Waals surface area contributed by atoms with Crippen LogP contribution < -0.4 is 10.1 Å². The average Bonchev–Trinajstić information content (AvgIpc) is 3.43. The van der Waals surface area contributed by atoms with Crippen molar-refractivity contribution < 1.29 is 18.3 Å². The number of aromatic nitrogens is 1. The van der Waals surface area contributed by atoms with Gasteiger partial charge >= 0.3 is 0 Å². The van der Waals surface area contributed by atoms with Gasteiger partial charge in [0.25, 0.3) is 5.91 Å². The van der Waals surface area contributed by atoms with E-state index in [1.165, 1.54) is 23.5 Å². The quantitative estimate of drug-likeness (QED) is 0.263. The van der Waals surface area contributed by atoms with Crippen LogP contribution in [0.3, 0.4) is 0 Å². The van der Waals surface area contributed by atoms with Crippen molar-refractivity contribution >= 4 is 44.9 Å². The Morgan fingerprint density at radius 3 is 2.74 bits per heavy atom. The molecule has 2 aromatic heterocycles. The number of thiazole rings is 1. The van der Waals surface area contributed by atoms with Gasteiger partial charge in [-0.15, -0.1) is 11.3 Å². The van der Waals surface area contributed by atoms with Crippen molar-refractivity contribution in [3.8, 4) is 5.75 Å². The fraction of sp³-hybridized carbons (Fsp3) is 0.0769. The highest BCUT2D eigenvalue weighted by atomic mass is 35.5. The molecule has 1 amide bonds. The van der Waals surface area contributed by atoms with Crippen LogP contribution >= 0.6 is 22.9 Å². The molecule has 0 aliphatic rings. The predicted octanol–water partition coefficient (Wildman–Crippen LogP) is 7.10. The number of furan rings is 1. The first-order valence-corrected chi connectivity index (χ1v) is 11.6. The second-order valence-corrected chi connectivity index (χ2v) is 9.09. The number of hydrogen-bond acceptors (Lipinski definition) is 5. The topological polar surface area (TPSA) is 64.4 Å². The summed E-state index contributed by atoms with van der Waals surface area (Å²) < 4.78 is 24.9. The van der Waals surface area contributed by atoms with Crippen LogP contribution in [0.1, 0.15) is 26.6 Å². The number of nitrogens with one attached hydrogen (secondary N) is 1. The Morgan fingerprint density at radius 1 is 1.09 bits per heavy atom. The summed E-state index contributed by atoms with van der Waals surface area (Å²) in [6, 6.07) is 20.8. The number of halogens is 2. The van der Waals surface area contributed by atoms with Crippen molar-refractivity contribution in [1.29, 1.82) is 0 Å². The van der Waals surface area contributed by atoms with E-state index in [1.54, 1.807) is 48.7 Å². The van der Waals surface area contributed by atoms with Crippen molar-refractivity contribution in [2.24, 2.45) is 0 Å².